The fourth-order valence-electron chi connectivity index (χ4n) is 1.53. The third kappa shape index (κ3) is 3.93. The molecule has 3 nitrogen and oxygen atoms in total. The van der Waals surface area contributed by atoms with Crippen molar-refractivity contribution >= 4 is 17.5 Å². The minimum Gasteiger partial charge on any atom is -0.482 e. The summed E-state index contributed by atoms with van der Waals surface area (Å²) in [4.78, 5) is 13.5. The van der Waals surface area contributed by atoms with Gasteiger partial charge in [0.05, 0.1) is 5.02 Å². The number of nitrogens with zero attached hydrogens (tertiary/aromatic N) is 1. The van der Waals surface area contributed by atoms with E-state index in [0.717, 1.165) is 5.56 Å². The zero-order valence-electron chi connectivity index (χ0n) is 10.5. The number of ether oxygens (including phenoxy) is 1. The lowest BCUT2D eigenvalue weighted by Crippen LogP contribution is -2.34. The van der Waals surface area contributed by atoms with Gasteiger partial charge in [-0.05, 0) is 38.5 Å². The monoisotopic (exact) mass is 255 g/mol. The van der Waals surface area contributed by atoms with Crippen molar-refractivity contribution in [3.8, 4) is 5.75 Å². The van der Waals surface area contributed by atoms with E-state index in [9.17, 15) is 4.79 Å². The van der Waals surface area contributed by atoms with E-state index in [0.29, 0.717) is 23.9 Å². The van der Waals surface area contributed by atoms with Crippen molar-refractivity contribution in [2.75, 3.05) is 19.7 Å². The molecule has 0 aromatic heterocycles. The van der Waals surface area contributed by atoms with Crippen LogP contribution >= 0.6 is 11.6 Å². The SMILES string of the molecule is CCN(CC)C(=O)COc1cc(C)ccc1Cl. The molecule has 1 rings (SSSR count). The van der Waals surface area contributed by atoms with Crippen LogP contribution in [0.5, 0.6) is 5.75 Å². The van der Waals surface area contributed by atoms with Gasteiger partial charge in [0.25, 0.3) is 5.91 Å². The van der Waals surface area contributed by atoms with Gasteiger partial charge in [-0.3, -0.25) is 4.79 Å². The van der Waals surface area contributed by atoms with Crippen LogP contribution in [0.3, 0.4) is 0 Å². The molecule has 0 saturated carbocycles. The number of carbonyl (C=O) groups is 1. The number of halogens is 1. The van der Waals surface area contributed by atoms with Crippen molar-refractivity contribution in [3.63, 3.8) is 0 Å². The first-order chi connectivity index (χ1) is 8.08. The van der Waals surface area contributed by atoms with E-state index in [-0.39, 0.29) is 12.5 Å². The molecule has 0 aliphatic rings. The molecule has 0 radical (unpaired) electrons. The third-order valence-corrected chi connectivity index (χ3v) is 2.87. The molecule has 0 unspecified atom stereocenters. The molecule has 0 spiro atoms. The third-order valence-electron chi connectivity index (χ3n) is 2.55. The first kappa shape index (κ1) is 13.8. The molecule has 0 N–H and O–H groups in total. The van der Waals surface area contributed by atoms with Gasteiger partial charge in [0.2, 0.25) is 0 Å². The zero-order valence-corrected chi connectivity index (χ0v) is 11.3. The van der Waals surface area contributed by atoms with Gasteiger partial charge in [0.15, 0.2) is 6.61 Å². The van der Waals surface area contributed by atoms with Gasteiger partial charge >= 0.3 is 0 Å². The largest absolute Gasteiger partial charge is 0.482 e. The Morgan fingerprint density at radius 2 is 2.00 bits per heavy atom. The number of benzene rings is 1. The summed E-state index contributed by atoms with van der Waals surface area (Å²) in [5.74, 6) is 0.541. The summed E-state index contributed by atoms with van der Waals surface area (Å²) in [7, 11) is 0. The number of aryl methyl sites for hydroxylation is 1. The van der Waals surface area contributed by atoms with Crippen molar-refractivity contribution in [1.29, 1.82) is 0 Å². The van der Waals surface area contributed by atoms with Crippen LogP contribution in [-0.4, -0.2) is 30.5 Å². The maximum Gasteiger partial charge on any atom is 0.260 e. The first-order valence-electron chi connectivity index (χ1n) is 5.75. The number of rotatable bonds is 5. The van der Waals surface area contributed by atoms with E-state index in [1.807, 2.05) is 32.9 Å². The standard InChI is InChI=1S/C13H18ClNO2/c1-4-15(5-2)13(16)9-17-12-8-10(3)6-7-11(12)14/h6-8H,4-5,9H2,1-3H3. The average molecular weight is 256 g/mol. The molecule has 0 bridgehead atoms. The minimum absolute atomic E-state index is 0.0208. The lowest BCUT2D eigenvalue weighted by molar-refractivity contribution is -0.132. The number of likely N-dealkylation sites (N-methyl/N-ethyl adjacent to an activating group) is 1. The Balaban J connectivity index is 2.61. The van der Waals surface area contributed by atoms with Crippen LogP contribution in [0.15, 0.2) is 18.2 Å². The maximum absolute atomic E-state index is 11.7. The molecule has 0 fully saturated rings. The van der Waals surface area contributed by atoms with Gasteiger partial charge in [0, 0.05) is 13.1 Å². The van der Waals surface area contributed by atoms with Crippen molar-refractivity contribution < 1.29 is 9.53 Å². The molecule has 17 heavy (non-hydrogen) atoms. The molecule has 0 saturated heterocycles. The van der Waals surface area contributed by atoms with Crippen molar-refractivity contribution in [2.45, 2.75) is 20.8 Å². The molecule has 1 aromatic rings. The zero-order chi connectivity index (χ0) is 12.8. The van der Waals surface area contributed by atoms with Gasteiger partial charge in [0.1, 0.15) is 5.75 Å². The smallest absolute Gasteiger partial charge is 0.260 e. The number of hydrogen-bond donors (Lipinski definition) is 0. The summed E-state index contributed by atoms with van der Waals surface area (Å²) in [6.07, 6.45) is 0. The Bertz CT molecular complexity index is 389. The minimum atomic E-state index is -0.0208. The molecular weight excluding hydrogens is 238 g/mol. The van der Waals surface area contributed by atoms with Gasteiger partial charge < -0.3 is 9.64 Å². The quantitative estimate of drug-likeness (QED) is 0.810. The molecule has 4 heteroatoms. The Hall–Kier alpha value is -1.22. The van der Waals surface area contributed by atoms with Gasteiger partial charge in [-0.25, -0.2) is 0 Å². The second kappa shape index (κ2) is 6.50. The van der Waals surface area contributed by atoms with E-state index in [2.05, 4.69) is 0 Å². The highest BCUT2D eigenvalue weighted by molar-refractivity contribution is 6.32. The molecular formula is C13H18ClNO2. The van der Waals surface area contributed by atoms with Crippen LogP contribution in [-0.2, 0) is 4.79 Å². The van der Waals surface area contributed by atoms with E-state index in [1.165, 1.54) is 0 Å². The Morgan fingerprint density at radius 1 is 1.35 bits per heavy atom. The molecule has 0 aliphatic heterocycles. The van der Waals surface area contributed by atoms with Crippen molar-refractivity contribution in [2.24, 2.45) is 0 Å². The molecule has 0 aliphatic carbocycles. The fourth-order valence-corrected chi connectivity index (χ4v) is 1.70. The van der Waals surface area contributed by atoms with Crippen molar-refractivity contribution in [3.05, 3.63) is 28.8 Å². The Morgan fingerprint density at radius 3 is 2.59 bits per heavy atom. The topological polar surface area (TPSA) is 29.5 Å². The van der Waals surface area contributed by atoms with E-state index in [1.54, 1.807) is 11.0 Å². The second-order valence-electron chi connectivity index (χ2n) is 3.79. The summed E-state index contributed by atoms with van der Waals surface area (Å²) in [5, 5.41) is 0.531. The lowest BCUT2D eigenvalue weighted by Gasteiger charge is -2.19. The van der Waals surface area contributed by atoms with Crippen LogP contribution in [0.25, 0.3) is 0 Å². The highest BCUT2D eigenvalue weighted by Gasteiger charge is 2.11. The van der Waals surface area contributed by atoms with E-state index in [4.69, 9.17) is 16.3 Å². The highest BCUT2D eigenvalue weighted by atomic mass is 35.5. The average Bonchev–Trinajstić information content (AvgIpc) is 2.32. The number of hydrogen-bond acceptors (Lipinski definition) is 2. The molecule has 94 valence electrons. The van der Waals surface area contributed by atoms with Crippen LogP contribution in [0.2, 0.25) is 5.02 Å². The number of carbonyl (C=O) groups excluding carboxylic acids is 1. The second-order valence-corrected chi connectivity index (χ2v) is 4.20. The van der Waals surface area contributed by atoms with Crippen LogP contribution < -0.4 is 4.74 Å². The molecule has 1 aromatic carbocycles. The van der Waals surface area contributed by atoms with E-state index < -0.39 is 0 Å². The maximum atomic E-state index is 11.7. The van der Waals surface area contributed by atoms with E-state index >= 15 is 0 Å². The summed E-state index contributed by atoms with van der Waals surface area (Å²) in [6.45, 7) is 7.27. The lowest BCUT2D eigenvalue weighted by atomic mass is 10.2. The predicted octanol–water partition coefficient (Wildman–Crippen LogP) is 2.90. The fraction of sp³-hybridized carbons (Fsp3) is 0.462. The summed E-state index contributed by atoms with van der Waals surface area (Å²) < 4.78 is 5.44. The summed E-state index contributed by atoms with van der Waals surface area (Å²) in [5.41, 5.74) is 1.06. The summed E-state index contributed by atoms with van der Waals surface area (Å²) >= 11 is 5.98. The normalized spacial score (nSPS) is 10.1. The molecule has 0 heterocycles. The summed E-state index contributed by atoms with van der Waals surface area (Å²) in [6, 6.07) is 5.51. The van der Waals surface area contributed by atoms with Crippen LogP contribution in [0, 0.1) is 6.92 Å². The van der Waals surface area contributed by atoms with Crippen LogP contribution in [0.1, 0.15) is 19.4 Å². The predicted molar refractivity (Wildman–Crippen MR) is 69.6 cm³/mol. The molecule has 1 amide bonds. The van der Waals surface area contributed by atoms with Gasteiger partial charge in [-0.2, -0.15) is 0 Å². The van der Waals surface area contributed by atoms with Crippen molar-refractivity contribution in [1.82, 2.24) is 4.90 Å². The first-order valence-corrected chi connectivity index (χ1v) is 6.13. The highest BCUT2D eigenvalue weighted by Crippen LogP contribution is 2.25. The number of amides is 1. The Kier molecular flexibility index (Phi) is 5.29. The van der Waals surface area contributed by atoms with Gasteiger partial charge in [-0.1, -0.05) is 17.7 Å². The van der Waals surface area contributed by atoms with Gasteiger partial charge in [-0.15, -0.1) is 0 Å². The Labute approximate surface area is 107 Å². The molecule has 0 atom stereocenters. The van der Waals surface area contributed by atoms with Crippen LogP contribution in [0.4, 0.5) is 0 Å².